The maximum Gasteiger partial charge on any atom is 0.308 e. The van der Waals surface area contributed by atoms with Crippen LogP contribution in [0.5, 0.6) is 0 Å². The highest BCUT2D eigenvalue weighted by Crippen LogP contribution is 2.23. The van der Waals surface area contributed by atoms with Gasteiger partial charge in [-0.2, -0.15) is 0 Å². The lowest BCUT2D eigenvalue weighted by Gasteiger charge is -2.27. The Morgan fingerprint density at radius 2 is 2.00 bits per heavy atom. The van der Waals surface area contributed by atoms with E-state index in [2.05, 4.69) is 5.32 Å². The number of carboxylic acids is 1. The molecule has 1 heterocycles. The molecule has 1 aliphatic heterocycles. The van der Waals surface area contributed by atoms with E-state index in [0.717, 1.165) is 18.2 Å². The molecule has 1 saturated heterocycles. The molecule has 2 N–H and O–H groups in total. The number of benzene rings is 1. The summed E-state index contributed by atoms with van der Waals surface area (Å²) in [6.07, 6.45) is 1.34. The van der Waals surface area contributed by atoms with Crippen LogP contribution in [0.15, 0.2) is 18.2 Å². The van der Waals surface area contributed by atoms with Gasteiger partial charge in [0.15, 0.2) is 0 Å². The number of halogens is 2. The lowest BCUT2D eigenvalue weighted by molar-refractivity contribution is -0.144. The van der Waals surface area contributed by atoms with E-state index in [1.807, 2.05) is 0 Å². The van der Waals surface area contributed by atoms with Crippen molar-refractivity contribution in [1.82, 2.24) is 5.32 Å². The van der Waals surface area contributed by atoms with Crippen LogP contribution in [0.25, 0.3) is 0 Å². The van der Waals surface area contributed by atoms with Crippen LogP contribution in [0, 0.1) is 23.5 Å². The molecular formula is C17H21F2NO4. The third kappa shape index (κ3) is 5.26. The molecule has 0 bridgehead atoms. The zero-order valence-electron chi connectivity index (χ0n) is 13.3. The molecule has 0 aliphatic carbocycles. The second kappa shape index (κ2) is 8.73. The maximum absolute atomic E-state index is 13.5. The van der Waals surface area contributed by atoms with Crippen LogP contribution in [0.3, 0.4) is 0 Å². The Morgan fingerprint density at radius 1 is 1.29 bits per heavy atom. The minimum absolute atomic E-state index is 0.0273. The van der Waals surface area contributed by atoms with Crippen LogP contribution in [-0.2, 0) is 20.7 Å². The van der Waals surface area contributed by atoms with Crippen LogP contribution < -0.4 is 5.32 Å². The van der Waals surface area contributed by atoms with Gasteiger partial charge in [0, 0.05) is 26.2 Å². The molecule has 1 atom stereocenters. The molecule has 0 radical (unpaired) electrons. The summed E-state index contributed by atoms with van der Waals surface area (Å²) in [5.74, 6) is -3.14. The molecule has 1 fully saturated rings. The number of carbonyl (C=O) groups excluding carboxylic acids is 1. The summed E-state index contributed by atoms with van der Waals surface area (Å²) < 4.78 is 31.8. The maximum atomic E-state index is 13.5. The first-order valence-corrected chi connectivity index (χ1v) is 7.98. The Bertz CT molecular complexity index is 588. The normalized spacial score (nSPS) is 16.6. The third-order valence-electron chi connectivity index (χ3n) is 4.30. The first-order chi connectivity index (χ1) is 11.5. The molecule has 0 saturated carbocycles. The van der Waals surface area contributed by atoms with Crippen molar-refractivity contribution < 1.29 is 28.2 Å². The van der Waals surface area contributed by atoms with Crippen molar-refractivity contribution in [2.24, 2.45) is 11.8 Å². The van der Waals surface area contributed by atoms with Gasteiger partial charge < -0.3 is 15.2 Å². The van der Waals surface area contributed by atoms with Gasteiger partial charge in [-0.1, -0.05) is 0 Å². The Labute approximate surface area is 139 Å². The summed E-state index contributed by atoms with van der Waals surface area (Å²) in [6, 6.07) is 3.10. The van der Waals surface area contributed by atoms with Crippen molar-refractivity contribution in [3.8, 4) is 0 Å². The van der Waals surface area contributed by atoms with Crippen molar-refractivity contribution >= 4 is 11.9 Å². The van der Waals surface area contributed by atoms with Crippen molar-refractivity contribution in [3.63, 3.8) is 0 Å². The Hall–Kier alpha value is -2.02. The first-order valence-electron chi connectivity index (χ1n) is 7.98. The van der Waals surface area contributed by atoms with Gasteiger partial charge in [-0.05, 0) is 48.9 Å². The van der Waals surface area contributed by atoms with Crippen molar-refractivity contribution in [1.29, 1.82) is 0 Å². The molecule has 24 heavy (non-hydrogen) atoms. The predicted molar refractivity (Wildman–Crippen MR) is 82.4 cm³/mol. The van der Waals surface area contributed by atoms with E-state index < -0.39 is 23.5 Å². The van der Waals surface area contributed by atoms with E-state index in [1.54, 1.807) is 0 Å². The van der Waals surface area contributed by atoms with Crippen LogP contribution in [0.1, 0.15) is 24.8 Å². The average molecular weight is 341 g/mol. The monoisotopic (exact) mass is 341 g/mol. The van der Waals surface area contributed by atoms with E-state index in [4.69, 9.17) is 4.74 Å². The lowest BCUT2D eigenvalue weighted by Crippen LogP contribution is -2.39. The summed E-state index contributed by atoms with van der Waals surface area (Å²) in [4.78, 5) is 23.3. The quantitative estimate of drug-likeness (QED) is 0.797. The molecule has 1 amide bonds. The highest BCUT2D eigenvalue weighted by molar-refractivity contribution is 5.77. The number of ether oxygens (including phenoxy) is 1. The van der Waals surface area contributed by atoms with E-state index >= 15 is 0 Å². The van der Waals surface area contributed by atoms with Gasteiger partial charge in [0.2, 0.25) is 5.91 Å². The Kier molecular flexibility index (Phi) is 6.66. The summed E-state index contributed by atoms with van der Waals surface area (Å²) >= 11 is 0. The Balaban J connectivity index is 1.82. The standard InChI is InChI=1S/C17H21F2NO4/c18-13-2-3-15(19)12(9-13)1-4-16(21)20-10-14(17(22)23)11-5-7-24-8-6-11/h2-3,9,11,14H,1,4-8,10H2,(H,20,21)(H,22,23). The van der Waals surface area contributed by atoms with Gasteiger partial charge in [-0.3, -0.25) is 9.59 Å². The fraction of sp³-hybridized carbons (Fsp3) is 0.529. The van der Waals surface area contributed by atoms with Crippen molar-refractivity contribution in [2.75, 3.05) is 19.8 Å². The fourth-order valence-corrected chi connectivity index (χ4v) is 2.87. The average Bonchev–Trinajstić information content (AvgIpc) is 2.56. The molecule has 1 aromatic rings. The molecule has 5 nitrogen and oxygen atoms in total. The highest BCUT2D eigenvalue weighted by Gasteiger charge is 2.29. The molecule has 0 spiro atoms. The molecule has 1 aliphatic rings. The smallest absolute Gasteiger partial charge is 0.308 e. The van der Waals surface area contributed by atoms with Crippen LogP contribution in [0.2, 0.25) is 0 Å². The lowest BCUT2D eigenvalue weighted by atomic mass is 9.86. The van der Waals surface area contributed by atoms with Crippen LogP contribution in [-0.4, -0.2) is 36.7 Å². The van der Waals surface area contributed by atoms with Crippen molar-refractivity contribution in [3.05, 3.63) is 35.4 Å². The molecular weight excluding hydrogens is 320 g/mol. The van der Waals surface area contributed by atoms with Gasteiger partial charge in [-0.15, -0.1) is 0 Å². The van der Waals surface area contributed by atoms with E-state index in [0.29, 0.717) is 26.1 Å². The minimum atomic E-state index is -0.946. The fourth-order valence-electron chi connectivity index (χ4n) is 2.87. The van der Waals surface area contributed by atoms with Gasteiger partial charge >= 0.3 is 5.97 Å². The number of hydrogen-bond acceptors (Lipinski definition) is 3. The molecule has 0 aromatic heterocycles. The van der Waals surface area contributed by atoms with Crippen molar-refractivity contribution in [2.45, 2.75) is 25.7 Å². The van der Waals surface area contributed by atoms with Gasteiger partial charge in [-0.25, -0.2) is 8.78 Å². The number of amides is 1. The zero-order chi connectivity index (χ0) is 17.5. The van der Waals surface area contributed by atoms with Gasteiger partial charge in [0.25, 0.3) is 0 Å². The van der Waals surface area contributed by atoms with Gasteiger partial charge in [0.05, 0.1) is 5.92 Å². The largest absolute Gasteiger partial charge is 0.481 e. The zero-order valence-corrected chi connectivity index (χ0v) is 13.3. The second-order valence-corrected chi connectivity index (χ2v) is 5.93. The number of nitrogens with one attached hydrogen (secondary N) is 1. The molecule has 2 rings (SSSR count). The Morgan fingerprint density at radius 3 is 2.67 bits per heavy atom. The highest BCUT2D eigenvalue weighted by atomic mass is 19.1. The summed E-state index contributed by atoms with van der Waals surface area (Å²) in [5.41, 5.74) is 0.129. The molecule has 1 unspecified atom stereocenters. The van der Waals surface area contributed by atoms with Crippen LogP contribution in [0.4, 0.5) is 8.78 Å². The third-order valence-corrected chi connectivity index (χ3v) is 4.30. The van der Waals surface area contributed by atoms with E-state index in [9.17, 15) is 23.5 Å². The molecule has 7 heteroatoms. The summed E-state index contributed by atoms with van der Waals surface area (Å²) in [6.45, 7) is 1.09. The number of hydrogen-bond donors (Lipinski definition) is 2. The number of aliphatic carboxylic acids is 1. The van der Waals surface area contributed by atoms with E-state index in [1.165, 1.54) is 0 Å². The summed E-state index contributed by atoms with van der Waals surface area (Å²) in [5, 5.41) is 11.9. The van der Waals surface area contributed by atoms with E-state index in [-0.39, 0.29) is 36.8 Å². The molecule has 132 valence electrons. The van der Waals surface area contributed by atoms with Crippen LogP contribution >= 0.6 is 0 Å². The number of carbonyl (C=O) groups is 2. The SMILES string of the molecule is O=C(CCc1cc(F)ccc1F)NCC(C(=O)O)C1CCOCC1. The predicted octanol–water partition coefficient (Wildman–Crippen LogP) is 2.14. The summed E-state index contributed by atoms with van der Waals surface area (Å²) in [7, 11) is 0. The first kappa shape index (κ1) is 18.3. The second-order valence-electron chi connectivity index (χ2n) is 5.93. The minimum Gasteiger partial charge on any atom is -0.481 e. The topological polar surface area (TPSA) is 75.6 Å². The number of rotatable bonds is 7. The number of aryl methyl sites for hydroxylation is 1. The molecule has 1 aromatic carbocycles. The number of carboxylic acid groups (broad SMARTS) is 1. The van der Waals surface area contributed by atoms with Gasteiger partial charge in [0.1, 0.15) is 11.6 Å².